The molecule has 1 saturated carbocycles. The van der Waals surface area contributed by atoms with Crippen LogP contribution in [0.4, 0.5) is 18.9 Å². The Labute approximate surface area is 212 Å². The van der Waals surface area contributed by atoms with Crippen molar-refractivity contribution in [2.24, 2.45) is 5.92 Å². The zero-order valence-electron chi connectivity index (χ0n) is 16.6. The third-order valence-corrected chi connectivity index (χ3v) is 6.69. The van der Waals surface area contributed by atoms with E-state index in [-0.39, 0.29) is 22.8 Å². The van der Waals surface area contributed by atoms with Crippen LogP contribution in [0.3, 0.4) is 0 Å². The average molecular weight is 563 g/mol. The molecule has 0 radical (unpaired) electrons. The van der Waals surface area contributed by atoms with Gasteiger partial charge in [-0.15, -0.1) is 23.2 Å². The van der Waals surface area contributed by atoms with E-state index in [2.05, 4.69) is 10.6 Å². The topological polar surface area (TPSA) is 58.2 Å². The number of halogens is 8. The lowest BCUT2D eigenvalue weighted by atomic mass is 10.1. The number of nitrogens with one attached hydrogen (secondary N) is 2. The SMILES string of the molecule is O=C(CNCCC(F)(F)F)c1cc(NC(=O)C2C(c3cc(Cl)cc(Cl)c3)C2(Cl)Cl)ccc1Cl. The highest BCUT2D eigenvalue weighted by atomic mass is 35.5. The summed E-state index contributed by atoms with van der Waals surface area (Å²) in [4.78, 5) is 25.2. The Balaban J connectivity index is 1.67. The van der Waals surface area contributed by atoms with E-state index in [1.807, 2.05) is 0 Å². The first-order chi connectivity index (χ1) is 15.3. The average Bonchev–Trinajstić information content (AvgIpc) is 3.27. The Bertz CT molecular complexity index is 1060. The van der Waals surface area contributed by atoms with Crippen molar-refractivity contribution in [3.63, 3.8) is 0 Å². The van der Waals surface area contributed by atoms with Crippen LogP contribution < -0.4 is 10.6 Å². The van der Waals surface area contributed by atoms with E-state index < -0.39 is 47.0 Å². The van der Waals surface area contributed by atoms with Crippen molar-refractivity contribution in [2.45, 2.75) is 22.8 Å². The summed E-state index contributed by atoms with van der Waals surface area (Å²) in [5.41, 5.74) is 0.905. The van der Waals surface area contributed by atoms with Gasteiger partial charge in [-0.25, -0.2) is 0 Å². The lowest BCUT2D eigenvalue weighted by molar-refractivity contribution is -0.133. The summed E-state index contributed by atoms with van der Waals surface area (Å²) in [6.07, 6.45) is -5.39. The fraction of sp³-hybridized carbons (Fsp3) is 0.333. The molecule has 0 aromatic heterocycles. The van der Waals surface area contributed by atoms with Gasteiger partial charge in [-0.05, 0) is 42.0 Å². The summed E-state index contributed by atoms with van der Waals surface area (Å²) in [5.74, 6) is -2.39. The van der Waals surface area contributed by atoms with Gasteiger partial charge in [-0.3, -0.25) is 9.59 Å². The number of Topliss-reactive ketones (excluding diaryl/α,β-unsaturated/α-hetero) is 1. The van der Waals surface area contributed by atoms with Gasteiger partial charge in [0.05, 0.1) is 23.9 Å². The molecule has 1 amide bonds. The minimum Gasteiger partial charge on any atom is -0.326 e. The van der Waals surface area contributed by atoms with E-state index in [1.165, 1.54) is 18.2 Å². The van der Waals surface area contributed by atoms with Crippen LogP contribution in [-0.2, 0) is 4.79 Å². The van der Waals surface area contributed by atoms with E-state index in [9.17, 15) is 22.8 Å². The first-order valence-electron chi connectivity index (χ1n) is 9.54. The number of ketones is 1. The van der Waals surface area contributed by atoms with Crippen molar-refractivity contribution in [3.8, 4) is 0 Å². The van der Waals surface area contributed by atoms with Gasteiger partial charge in [0, 0.05) is 33.8 Å². The van der Waals surface area contributed by atoms with Crippen LogP contribution in [0.2, 0.25) is 15.1 Å². The maximum absolute atomic E-state index is 12.8. The van der Waals surface area contributed by atoms with Gasteiger partial charge in [0.25, 0.3) is 0 Å². The second-order valence-electron chi connectivity index (χ2n) is 7.48. The number of carbonyl (C=O) groups is 2. The third-order valence-electron chi connectivity index (χ3n) is 4.99. The number of amides is 1. The maximum atomic E-state index is 12.8. The normalized spacial score (nSPS) is 19.3. The molecule has 1 aliphatic rings. The summed E-state index contributed by atoms with van der Waals surface area (Å²) < 4.78 is 35.3. The molecule has 3 rings (SSSR count). The summed E-state index contributed by atoms with van der Waals surface area (Å²) in [7, 11) is 0. The van der Waals surface area contributed by atoms with Crippen LogP contribution >= 0.6 is 58.0 Å². The van der Waals surface area contributed by atoms with E-state index in [0.29, 0.717) is 15.6 Å². The van der Waals surface area contributed by atoms with Gasteiger partial charge in [-0.2, -0.15) is 13.2 Å². The number of hydrogen-bond donors (Lipinski definition) is 2. The molecule has 1 fully saturated rings. The zero-order chi connectivity index (χ0) is 24.6. The first kappa shape index (κ1) is 26.4. The number of rotatable bonds is 8. The summed E-state index contributed by atoms with van der Waals surface area (Å²) in [6, 6.07) is 9.00. The molecule has 178 valence electrons. The van der Waals surface area contributed by atoms with E-state index in [1.54, 1.807) is 18.2 Å². The Morgan fingerprint density at radius 1 is 1.00 bits per heavy atom. The van der Waals surface area contributed by atoms with E-state index >= 15 is 0 Å². The standard InChI is InChI=1S/C21H16Cl5F3N2O2/c22-11-5-10(6-12(23)7-11)17-18(21(17,25)26)19(33)31-13-1-2-15(24)14(8-13)16(32)9-30-4-3-20(27,28)29/h1-2,5-8,17-18,30H,3-4,9H2,(H,31,33). The number of benzene rings is 2. The molecule has 33 heavy (non-hydrogen) atoms. The number of anilines is 1. The summed E-state index contributed by atoms with van der Waals surface area (Å²) >= 11 is 30.8. The Morgan fingerprint density at radius 2 is 1.64 bits per heavy atom. The molecule has 0 bridgehead atoms. The largest absolute Gasteiger partial charge is 0.390 e. The van der Waals surface area contributed by atoms with Crippen LogP contribution in [0.15, 0.2) is 36.4 Å². The van der Waals surface area contributed by atoms with Crippen molar-refractivity contribution in [1.29, 1.82) is 0 Å². The highest BCUT2D eigenvalue weighted by Crippen LogP contribution is 2.65. The summed E-state index contributed by atoms with van der Waals surface area (Å²) in [6.45, 7) is -0.757. The monoisotopic (exact) mass is 560 g/mol. The molecule has 12 heteroatoms. The van der Waals surface area contributed by atoms with Crippen LogP contribution in [0.1, 0.15) is 28.3 Å². The molecule has 2 aromatic rings. The molecule has 2 unspecified atom stereocenters. The molecule has 0 spiro atoms. The zero-order valence-corrected chi connectivity index (χ0v) is 20.4. The second kappa shape index (κ2) is 10.2. The Kier molecular flexibility index (Phi) is 8.14. The lowest BCUT2D eigenvalue weighted by Gasteiger charge is -2.10. The second-order valence-corrected chi connectivity index (χ2v) is 10.2. The van der Waals surface area contributed by atoms with Gasteiger partial charge in [0.2, 0.25) is 5.91 Å². The third kappa shape index (κ3) is 6.68. The first-order valence-corrected chi connectivity index (χ1v) is 11.4. The fourth-order valence-corrected chi connectivity index (χ4v) is 4.98. The van der Waals surface area contributed by atoms with Crippen LogP contribution in [0.25, 0.3) is 0 Å². The maximum Gasteiger partial charge on any atom is 0.390 e. The number of carbonyl (C=O) groups excluding carboxylic acids is 2. The van der Waals surface area contributed by atoms with Crippen molar-refractivity contribution in [3.05, 3.63) is 62.6 Å². The predicted molar refractivity (Wildman–Crippen MR) is 125 cm³/mol. The van der Waals surface area contributed by atoms with Crippen LogP contribution in [-0.4, -0.2) is 35.3 Å². The van der Waals surface area contributed by atoms with Gasteiger partial charge in [0.15, 0.2) is 5.78 Å². The fourth-order valence-electron chi connectivity index (χ4n) is 3.39. The summed E-state index contributed by atoms with van der Waals surface area (Å²) in [5, 5.41) is 5.91. The van der Waals surface area contributed by atoms with Gasteiger partial charge < -0.3 is 10.6 Å². The van der Waals surface area contributed by atoms with Gasteiger partial charge >= 0.3 is 6.18 Å². The molecule has 0 heterocycles. The number of alkyl halides is 5. The molecular weight excluding hydrogens is 547 g/mol. The van der Waals surface area contributed by atoms with Crippen LogP contribution in [0, 0.1) is 5.92 Å². The highest BCUT2D eigenvalue weighted by molar-refractivity contribution is 6.53. The van der Waals surface area contributed by atoms with Crippen molar-refractivity contribution in [1.82, 2.24) is 5.32 Å². The molecule has 2 N–H and O–H groups in total. The van der Waals surface area contributed by atoms with Crippen molar-refractivity contribution >= 4 is 75.4 Å². The molecule has 0 aliphatic heterocycles. The molecule has 2 atom stereocenters. The van der Waals surface area contributed by atoms with Crippen molar-refractivity contribution < 1.29 is 22.8 Å². The minimum atomic E-state index is -4.32. The number of hydrogen-bond acceptors (Lipinski definition) is 3. The van der Waals surface area contributed by atoms with E-state index in [4.69, 9.17) is 58.0 Å². The highest BCUT2D eigenvalue weighted by Gasteiger charge is 2.67. The van der Waals surface area contributed by atoms with Gasteiger partial charge in [-0.1, -0.05) is 34.8 Å². The lowest BCUT2D eigenvalue weighted by Crippen LogP contribution is -2.27. The predicted octanol–water partition coefficient (Wildman–Crippen LogP) is 6.90. The molecule has 2 aromatic carbocycles. The van der Waals surface area contributed by atoms with E-state index in [0.717, 1.165) is 0 Å². The van der Waals surface area contributed by atoms with Crippen LogP contribution in [0.5, 0.6) is 0 Å². The van der Waals surface area contributed by atoms with Crippen molar-refractivity contribution in [2.75, 3.05) is 18.4 Å². The molecule has 4 nitrogen and oxygen atoms in total. The quantitative estimate of drug-likeness (QED) is 0.209. The smallest absolute Gasteiger partial charge is 0.326 e. The Morgan fingerprint density at radius 3 is 2.24 bits per heavy atom. The molecule has 0 saturated heterocycles. The molecular formula is C21H16Cl5F3N2O2. The molecule has 1 aliphatic carbocycles. The minimum absolute atomic E-state index is 0.0472. The Hall–Kier alpha value is -1.22. The van der Waals surface area contributed by atoms with Gasteiger partial charge in [0.1, 0.15) is 4.33 Å².